The summed E-state index contributed by atoms with van der Waals surface area (Å²) in [6.45, 7) is 3.02. The summed E-state index contributed by atoms with van der Waals surface area (Å²) < 4.78 is 81.1. The Balaban J connectivity index is 1.90. The first-order valence-corrected chi connectivity index (χ1v) is 14.2. The van der Waals surface area contributed by atoms with Gasteiger partial charge in [0.25, 0.3) is 5.56 Å². The Morgan fingerprint density at radius 1 is 1.10 bits per heavy atom. The Kier molecular flexibility index (Phi) is 7.51. The molecule has 0 aliphatic rings. The quantitative estimate of drug-likeness (QED) is 0.263. The summed E-state index contributed by atoms with van der Waals surface area (Å²) in [5.41, 5.74) is -2.08. The van der Waals surface area contributed by atoms with Crippen LogP contribution in [0.1, 0.15) is 34.7 Å². The summed E-state index contributed by atoms with van der Waals surface area (Å²) >= 11 is 1.04. The zero-order chi connectivity index (χ0) is 28.7. The van der Waals surface area contributed by atoms with Crippen molar-refractivity contribution in [2.45, 2.75) is 38.0 Å². The highest BCUT2D eigenvalue weighted by molar-refractivity contribution is 7.90. The molecule has 1 aromatic carbocycles. The largest absolute Gasteiger partial charge is 0.417 e. The maximum atomic E-state index is 14.8. The number of aryl methyl sites for hydroxylation is 2. The van der Waals surface area contributed by atoms with E-state index in [-0.39, 0.29) is 21.2 Å². The third-order valence-electron chi connectivity index (χ3n) is 6.10. The number of aromatic nitrogens is 2. The highest BCUT2D eigenvalue weighted by Gasteiger charge is 2.37. The fraction of sp³-hybridized carbons (Fsp3) is 0.222. The zero-order valence-electron chi connectivity index (χ0n) is 20.9. The monoisotopic (exact) mass is 575 g/mol. The van der Waals surface area contributed by atoms with Gasteiger partial charge < -0.3 is 4.57 Å². The fourth-order valence-corrected chi connectivity index (χ4v) is 6.06. The van der Waals surface area contributed by atoms with E-state index >= 15 is 0 Å². The lowest BCUT2D eigenvalue weighted by Gasteiger charge is -2.17. The van der Waals surface area contributed by atoms with Gasteiger partial charge in [0.15, 0.2) is 14.9 Å². The third kappa shape index (κ3) is 5.65. The number of halogens is 4. The lowest BCUT2D eigenvalue weighted by molar-refractivity contribution is -0.137. The molecule has 0 saturated carbocycles. The lowest BCUT2D eigenvalue weighted by Crippen LogP contribution is -2.28. The number of benzene rings is 1. The van der Waals surface area contributed by atoms with E-state index in [2.05, 4.69) is 4.98 Å². The molecule has 0 aliphatic carbocycles. The predicted octanol–water partition coefficient (Wildman–Crippen LogP) is 5.99. The molecule has 202 valence electrons. The highest BCUT2D eigenvalue weighted by atomic mass is 32.2. The molecule has 0 bridgehead atoms. The van der Waals surface area contributed by atoms with E-state index in [1.54, 1.807) is 25.1 Å². The molecule has 0 N–H and O–H groups in total. The first-order valence-electron chi connectivity index (χ1n) is 11.5. The van der Waals surface area contributed by atoms with Gasteiger partial charge in [-0.25, -0.2) is 17.8 Å². The molecule has 6 nitrogen and oxygen atoms in total. The second-order valence-electron chi connectivity index (χ2n) is 8.88. The summed E-state index contributed by atoms with van der Waals surface area (Å²) in [6, 6.07) is 11.2. The summed E-state index contributed by atoms with van der Waals surface area (Å²) in [5, 5.41) is 9.32. The Hall–Kier alpha value is -3.82. The normalized spacial score (nSPS) is 11.9. The summed E-state index contributed by atoms with van der Waals surface area (Å²) in [4.78, 5) is 18.0. The van der Waals surface area contributed by atoms with Crippen molar-refractivity contribution in [1.82, 2.24) is 9.55 Å². The molecule has 0 atom stereocenters. The van der Waals surface area contributed by atoms with Gasteiger partial charge in [-0.1, -0.05) is 19.1 Å². The summed E-state index contributed by atoms with van der Waals surface area (Å²) in [5.74, 6) is -0.620. The van der Waals surface area contributed by atoms with Gasteiger partial charge in [0, 0.05) is 28.5 Å². The number of sulfone groups is 1. The smallest absolute Gasteiger partial charge is 0.302 e. The van der Waals surface area contributed by atoms with E-state index in [4.69, 9.17) is 0 Å². The minimum absolute atomic E-state index is 0.0761. The van der Waals surface area contributed by atoms with Crippen LogP contribution in [0.5, 0.6) is 0 Å². The molecule has 0 fully saturated rings. The van der Waals surface area contributed by atoms with Gasteiger partial charge >= 0.3 is 6.18 Å². The average Bonchev–Trinajstić information content (AvgIpc) is 3.34. The van der Waals surface area contributed by atoms with E-state index in [1.165, 1.54) is 30.5 Å². The van der Waals surface area contributed by atoms with Gasteiger partial charge in [0.05, 0.1) is 22.7 Å². The van der Waals surface area contributed by atoms with E-state index in [0.717, 1.165) is 28.2 Å². The van der Waals surface area contributed by atoms with Crippen molar-refractivity contribution in [3.63, 3.8) is 0 Å². The fourth-order valence-electron chi connectivity index (χ4n) is 4.16. The van der Waals surface area contributed by atoms with Crippen LogP contribution in [0.4, 0.5) is 17.6 Å². The van der Waals surface area contributed by atoms with Crippen molar-refractivity contribution in [3.05, 3.63) is 92.6 Å². The average molecular weight is 576 g/mol. The van der Waals surface area contributed by atoms with Crippen LogP contribution in [0.25, 0.3) is 21.0 Å². The molecule has 0 amide bonds. The van der Waals surface area contributed by atoms with Gasteiger partial charge in [-0.05, 0) is 54.8 Å². The van der Waals surface area contributed by atoms with Gasteiger partial charge in [0.2, 0.25) is 0 Å². The molecule has 0 aliphatic heterocycles. The number of hydrogen-bond acceptors (Lipinski definition) is 6. The third-order valence-corrected chi connectivity index (χ3v) is 8.38. The maximum Gasteiger partial charge on any atom is 0.417 e. The van der Waals surface area contributed by atoms with Crippen molar-refractivity contribution in [2.75, 3.05) is 6.26 Å². The Labute approximate surface area is 225 Å². The zero-order valence-corrected chi connectivity index (χ0v) is 22.6. The number of nitriles is 1. The van der Waals surface area contributed by atoms with Crippen LogP contribution in [0, 0.1) is 24.1 Å². The van der Waals surface area contributed by atoms with E-state index < -0.39 is 45.1 Å². The number of thiophene rings is 1. The van der Waals surface area contributed by atoms with E-state index in [1.807, 2.05) is 6.92 Å². The second kappa shape index (κ2) is 10.4. The molecule has 0 unspecified atom stereocenters. The molecule has 0 saturated heterocycles. The van der Waals surface area contributed by atoms with Crippen LogP contribution in [0.3, 0.4) is 0 Å². The van der Waals surface area contributed by atoms with Crippen molar-refractivity contribution in [3.8, 4) is 27.1 Å². The Morgan fingerprint density at radius 3 is 2.36 bits per heavy atom. The predicted molar refractivity (Wildman–Crippen MR) is 140 cm³/mol. The lowest BCUT2D eigenvalue weighted by atomic mass is 10.1. The summed E-state index contributed by atoms with van der Waals surface area (Å²) in [6.07, 6.45) is -2.03. The molecular weight excluding hydrogens is 554 g/mol. The second-order valence-corrected chi connectivity index (χ2v) is 11.9. The molecule has 4 aromatic rings. The highest BCUT2D eigenvalue weighted by Crippen LogP contribution is 2.38. The van der Waals surface area contributed by atoms with Crippen molar-refractivity contribution in [1.29, 1.82) is 5.26 Å². The van der Waals surface area contributed by atoms with Crippen molar-refractivity contribution >= 4 is 21.2 Å². The van der Waals surface area contributed by atoms with Gasteiger partial charge in [-0.2, -0.15) is 18.4 Å². The van der Waals surface area contributed by atoms with Crippen LogP contribution in [0.15, 0.2) is 58.5 Å². The molecule has 3 heterocycles. The van der Waals surface area contributed by atoms with Gasteiger partial charge in [-0.3, -0.25) is 4.79 Å². The van der Waals surface area contributed by atoms with E-state index in [9.17, 15) is 36.0 Å². The molecular formula is C27H21F4N3O3S2. The number of nitrogens with zero attached hydrogens (tertiary/aromatic N) is 3. The van der Waals surface area contributed by atoms with Gasteiger partial charge in [-0.15, -0.1) is 11.3 Å². The Morgan fingerprint density at radius 2 is 1.79 bits per heavy atom. The molecule has 12 heteroatoms. The van der Waals surface area contributed by atoms with Crippen LogP contribution >= 0.6 is 11.3 Å². The molecule has 3 aromatic heterocycles. The molecule has 0 spiro atoms. The van der Waals surface area contributed by atoms with Gasteiger partial charge in [0.1, 0.15) is 17.4 Å². The van der Waals surface area contributed by atoms with Crippen LogP contribution in [-0.2, 0) is 29.0 Å². The number of pyridine rings is 2. The molecule has 4 rings (SSSR count). The Bertz CT molecular complexity index is 1800. The standard InChI is InChI=1S/C27H21F4N3O3S2/c1-4-16-5-6-17(21(28)10-16)14-34-22(11-20(27(29,30)31)19(12-32)26(34)35)24-8-7-23(38-24)18-9-15(2)25(33-13-18)39(3,36)37/h5-11,13H,4,14H2,1-3H3. The number of rotatable bonds is 6. The van der Waals surface area contributed by atoms with Crippen molar-refractivity contribution < 1.29 is 26.0 Å². The molecule has 0 radical (unpaired) electrons. The SMILES string of the molecule is CCc1ccc(Cn2c(-c3ccc(-c4cnc(S(C)(=O)=O)c(C)c4)s3)cc(C(F)(F)F)c(C#N)c2=O)c(F)c1. The minimum atomic E-state index is -4.98. The first kappa shape index (κ1) is 28.2. The topological polar surface area (TPSA) is 92.8 Å². The van der Waals surface area contributed by atoms with Crippen LogP contribution < -0.4 is 5.56 Å². The van der Waals surface area contributed by atoms with Crippen LogP contribution in [-0.4, -0.2) is 24.2 Å². The van der Waals surface area contributed by atoms with Crippen LogP contribution in [0.2, 0.25) is 0 Å². The first-order chi connectivity index (χ1) is 18.2. The van der Waals surface area contributed by atoms with Crippen molar-refractivity contribution in [2.24, 2.45) is 0 Å². The van der Waals surface area contributed by atoms with E-state index in [0.29, 0.717) is 28.0 Å². The number of alkyl halides is 3. The summed E-state index contributed by atoms with van der Waals surface area (Å²) in [7, 11) is -3.55. The minimum Gasteiger partial charge on any atom is -0.302 e. The number of hydrogen-bond donors (Lipinski definition) is 0. The maximum absolute atomic E-state index is 14.8. The molecule has 39 heavy (non-hydrogen) atoms.